The highest BCUT2D eigenvalue weighted by atomic mass is 35.5. The van der Waals surface area contributed by atoms with Crippen molar-refractivity contribution in [3.63, 3.8) is 0 Å². The summed E-state index contributed by atoms with van der Waals surface area (Å²) in [6.07, 6.45) is 9.34. The molecule has 1 aliphatic carbocycles. The number of hydrogen-bond acceptors (Lipinski definition) is 1. The highest BCUT2D eigenvalue weighted by molar-refractivity contribution is 6.30. The van der Waals surface area contributed by atoms with Gasteiger partial charge < -0.3 is 4.90 Å². The number of amides is 1. The van der Waals surface area contributed by atoms with Crippen molar-refractivity contribution in [2.45, 2.75) is 57.2 Å². The molecule has 1 saturated carbocycles. The molecule has 1 heterocycles. The number of piperidine rings is 1. The molecule has 2 nitrogen and oxygen atoms in total. The Labute approximate surface area is 103 Å². The Bertz CT molecular complexity index is 249. The summed E-state index contributed by atoms with van der Waals surface area (Å²) in [5.41, 5.74) is 0.574. The van der Waals surface area contributed by atoms with E-state index in [0.717, 1.165) is 13.1 Å². The molecule has 3 heteroatoms. The number of nitrogens with zero attached hydrogens (tertiary/aromatic N) is 1. The van der Waals surface area contributed by atoms with Crippen LogP contribution in [0.2, 0.25) is 0 Å². The van der Waals surface area contributed by atoms with Gasteiger partial charge in [0.15, 0.2) is 0 Å². The smallest absolute Gasteiger partial charge is 0.240 e. The number of rotatable bonds is 1. The molecule has 1 spiro atoms. The third kappa shape index (κ3) is 2.53. The summed E-state index contributed by atoms with van der Waals surface area (Å²) in [7, 11) is 0. The molecular weight excluding hydrogens is 222 g/mol. The van der Waals surface area contributed by atoms with Crippen molar-refractivity contribution in [2.24, 2.45) is 5.41 Å². The van der Waals surface area contributed by atoms with Crippen LogP contribution in [0.3, 0.4) is 0 Å². The number of hydrogen-bond donors (Lipinski definition) is 0. The molecule has 0 aromatic carbocycles. The normalized spacial score (nSPS) is 26.8. The summed E-state index contributed by atoms with van der Waals surface area (Å²) < 4.78 is 0. The van der Waals surface area contributed by atoms with E-state index < -0.39 is 0 Å². The zero-order chi connectivity index (χ0) is 11.6. The SMILES string of the molecule is CC(Cl)C(=O)N1CCC2(CCCCC2)CC1. The second-order valence-corrected chi connectivity index (χ2v) is 6.16. The molecule has 0 radical (unpaired) electrons. The lowest BCUT2D eigenvalue weighted by Gasteiger charge is -2.44. The molecule has 92 valence electrons. The van der Waals surface area contributed by atoms with Crippen molar-refractivity contribution >= 4 is 17.5 Å². The van der Waals surface area contributed by atoms with E-state index in [9.17, 15) is 4.79 Å². The topological polar surface area (TPSA) is 20.3 Å². The molecule has 2 aliphatic rings. The van der Waals surface area contributed by atoms with Crippen LogP contribution in [-0.2, 0) is 4.79 Å². The van der Waals surface area contributed by atoms with Crippen molar-refractivity contribution in [3.05, 3.63) is 0 Å². The van der Waals surface area contributed by atoms with Crippen LogP contribution in [0.4, 0.5) is 0 Å². The van der Waals surface area contributed by atoms with Crippen LogP contribution >= 0.6 is 11.6 Å². The molecule has 16 heavy (non-hydrogen) atoms. The summed E-state index contributed by atoms with van der Waals surface area (Å²) >= 11 is 5.85. The van der Waals surface area contributed by atoms with E-state index in [0.29, 0.717) is 5.41 Å². The van der Waals surface area contributed by atoms with Gasteiger partial charge in [0.05, 0.1) is 0 Å². The largest absolute Gasteiger partial charge is 0.341 e. The first-order chi connectivity index (χ1) is 7.63. The van der Waals surface area contributed by atoms with Gasteiger partial charge in [-0.05, 0) is 38.0 Å². The van der Waals surface area contributed by atoms with Gasteiger partial charge >= 0.3 is 0 Å². The van der Waals surface area contributed by atoms with Crippen molar-refractivity contribution in [1.29, 1.82) is 0 Å². The van der Waals surface area contributed by atoms with Gasteiger partial charge in [0.25, 0.3) is 0 Å². The Morgan fingerprint density at radius 2 is 1.69 bits per heavy atom. The number of halogens is 1. The molecule has 1 atom stereocenters. The van der Waals surface area contributed by atoms with Crippen molar-refractivity contribution in [3.8, 4) is 0 Å². The van der Waals surface area contributed by atoms with Crippen LogP contribution < -0.4 is 0 Å². The van der Waals surface area contributed by atoms with Gasteiger partial charge in [-0.1, -0.05) is 19.3 Å². The van der Waals surface area contributed by atoms with E-state index in [1.165, 1.54) is 44.9 Å². The maximum absolute atomic E-state index is 11.8. The fourth-order valence-corrected chi connectivity index (χ4v) is 3.39. The predicted molar refractivity (Wildman–Crippen MR) is 66.6 cm³/mol. The first kappa shape index (κ1) is 12.2. The molecule has 1 aliphatic heterocycles. The highest BCUT2D eigenvalue weighted by Crippen LogP contribution is 2.44. The minimum absolute atomic E-state index is 0.118. The molecular formula is C13H22ClNO. The molecule has 1 amide bonds. The minimum Gasteiger partial charge on any atom is -0.341 e. The maximum atomic E-state index is 11.8. The third-order valence-corrected chi connectivity index (χ3v) is 4.58. The number of likely N-dealkylation sites (tertiary alicyclic amines) is 1. The van der Waals surface area contributed by atoms with E-state index in [2.05, 4.69) is 0 Å². The molecule has 0 N–H and O–H groups in total. The Morgan fingerprint density at radius 1 is 1.12 bits per heavy atom. The standard InChI is InChI=1S/C13H22ClNO/c1-11(14)12(16)15-9-7-13(8-10-15)5-3-2-4-6-13/h11H,2-10H2,1H3. The summed E-state index contributed by atoms with van der Waals surface area (Å²) in [4.78, 5) is 13.7. The van der Waals surface area contributed by atoms with E-state index in [1.807, 2.05) is 4.90 Å². The van der Waals surface area contributed by atoms with E-state index >= 15 is 0 Å². The Balaban J connectivity index is 1.88. The van der Waals surface area contributed by atoms with Crippen molar-refractivity contribution in [1.82, 2.24) is 4.90 Å². The molecule has 0 aromatic rings. The summed E-state index contributed by atoms with van der Waals surface area (Å²) in [6, 6.07) is 0. The second kappa shape index (κ2) is 4.95. The second-order valence-electron chi connectivity index (χ2n) is 5.50. The molecule has 2 fully saturated rings. The summed E-state index contributed by atoms with van der Waals surface area (Å²) in [5.74, 6) is 0.118. The number of carbonyl (C=O) groups excluding carboxylic acids is 1. The number of carbonyl (C=O) groups is 1. The monoisotopic (exact) mass is 243 g/mol. The number of alkyl halides is 1. The highest BCUT2D eigenvalue weighted by Gasteiger charge is 2.36. The quantitative estimate of drug-likeness (QED) is 0.648. The summed E-state index contributed by atoms with van der Waals surface area (Å²) in [5, 5.41) is -0.361. The lowest BCUT2D eigenvalue weighted by Crippen LogP contribution is -2.45. The first-order valence-corrected chi connectivity index (χ1v) is 7.00. The first-order valence-electron chi connectivity index (χ1n) is 6.56. The summed E-state index contributed by atoms with van der Waals surface area (Å²) in [6.45, 7) is 3.63. The Kier molecular flexibility index (Phi) is 3.78. The van der Waals surface area contributed by atoms with Gasteiger partial charge in [0.2, 0.25) is 5.91 Å². The van der Waals surface area contributed by atoms with Gasteiger partial charge in [-0.3, -0.25) is 4.79 Å². The van der Waals surface area contributed by atoms with E-state index in [1.54, 1.807) is 6.92 Å². The molecule has 0 bridgehead atoms. The van der Waals surface area contributed by atoms with Gasteiger partial charge in [0, 0.05) is 13.1 Å². The van der Waals surface area contributed by atoms with E-state index in [4.69, 9.17) is 11.6 Å². The van der Waals surface area contributed by atoms with Gasteiger partial charge in [0.1, 0.15) is 5.38 Å². The molecule has 1 saturated heterocycles. The van der Waals surface area contributed by atoms with Crippen LogP contribution in [0, 0.1) is 5.41 Å². The van der Waals surface area contributed by atoms with Crippen molar-refractivity contribution < 1.29 is 4.79 Å². The Morgan fingerprint density at radius 3 is 2.19 bits per heavy atom. The van der Waals surface area contributed by atoms with Gasteiger partial charge in [-0.25, -0.2) is 0 Å². The fourth-order valence-electron chi connectivity index (χ4n) is 3.25. The molecule has 0 aromatic heterocycles. The minimum atomic E-state index is -0.361. The van der Waals surface area contributed by atoms with Gasteiger partial charge in [-0.2, -0.15) is 0 Å². The Hall–Kier alpha value is -0.240. The fraction of sp³-hybridized carbons (Fsp3) is 0.923. The van der Waals surface area contributed by atoms with Crippen LogP contribution in [-0.4, -0.2) is 29.3 Å². The average Bonchev–Trinajstić information content (AvgIpc) is 2.30. The zero-order valence-electron chi connectivity index (χ0n) is 10.2. The zero-order valence-corrected chi connectivity index (χ0v) is 10.9. The average molecular weight is 244 g/mol. The van der Waals surface area contributed by atoms with Crippen LogP contribution in [0.1, 0.15) is 51.9 Å². The van der Waals surface area contributed by atoms with Gasteiger partial charge in [-0.15, -0.1) is 11.6 Å². The van der Waals surface area contributed by atoms with Crippen LogP contribution in [0.15, 0.2) is 0 Å². The third-order valence-electron chi connectivity index (χ3n) is 4.39. The maximum Gasteiger partial charge on any atom is 0.240 e. The van der Waals surface area contributed by atoms with E-state index in [-0.39, 0.29) is 11.3 Å². The molecule has 2 rings (SSSR count). The van der Waals surface area contributed by atoms with Crippen LogP contribution in [0.5, 0.6) is 0 Å². The predicted octanol–water partition coefficient (Wildman–Crippen LogP) is 3.19. The van der Waals surface area contributed by atoms with Crippen molar-refractivity contribution in [2.75, 3.05) is 13.1 Å². The lowest BCUT2D eigenvalue weighted by atomic mass is 9.68. The van der Waals surface area contributed by atoms with Crippen LogP contribution in [0.25, 0.3) is 0 Å². The molecule has 1 unspecified atom stereocenters. The lowest BCUT2D eigenvalue weighted by molar-refractivity contribution is -0.133.